The lowest BCUT2D eigenvalue weighted by atomic mass is 10.2. The van der Waals surface area contributed by atoms with Crippen molar-refractivity contribution in [3.63, 3.8) is 0 Å². The highest BCUT2D eigenvalue weighted by molar-refractivity contribution is 14.0. The van der Waals surface area contributed by atoms with Crippen LogP contribution in [0.1, 0.15) is 28.1 Å². The first-order valence-corrected chi connectivity index (χ1v) is 9.94. The third-order valence-corrected chi connectivity index (χ3v) is 4.89. The lowest BCUT2D eigenvalue weighted by Crippen LogP contribution is -2.42. The molecule has 2 aromatic rings. The topological polar surface area (TPSA) is 78.8 Å². The third-order valence-electron chi connectivity index (χ3n) is 3.83. The molecule has 1 atom stereocenters. The molecule has 1 heterocycles. The molecule has 0 aliphatic rings. The maximum atomic E-state index is 12.7. The van der Waals surface area contributed by atoms with Crippen LogP contribution in [0, 0.1) is 13.8 Å². The van der Waals surface area contributed by atoms with E-state index in [1.807, 2.05) is 20.8 Å². The molecule has 11 heteroatoms. The number of aliphatic hydroxyl groups is 1. The van der Waals surface area contributed by atoms with Gasteiger partial charge < -0.3 is 20.5 Å². The third kappa shape index (κ3) is 8.64. The first kappa shape index (κ1) is 26.4. The molecular weight excluding hydrogens is 532 g/mol. The minimum absolute atomic E-state index is 0. The normalized spacial score (nSPS) is 12.8. The van der Waals surface area contributed by atoms with Crippen molar-refractivity contribution in [2.24, 2.45) is 4.99 Å². The van der Waals surface area contributed by atoms with Gasteiger partial charge in [0.15, 0.2) is 5.96 Å². The van der Waals surface area contributed by atoms with Gasteiger partial charge in [-0.05, 0) is 39.0 Å². The minimum Gasteiger partial charge on any atom is -0.491 e. The number of rotatable bonds is 8. The second kappa shape index (κ2) is 12.3. The maximum absolute atomic E-state index is 12.7. The van der Waals surface area contributed by atoms with Crippen LogP contribution < -0.4 is 15.4 Å². The van der Waals surface area contributed by atoms with Crippen molar-refractivity contribution in [2.75, 3.05) is 19.7 Å². The number of aliphatic imine (C=N–C) groups is 1. The molecule has 0 fully saturated rings. The Balaban J connectivity index is 0.00000450. The van der Waals surface area contributed by atoms with Gasteiger partial charge in [0.05, 0.1) is 22.8 Å². The molecule has 1 aromatic heterocycles. The highest BCUT2D eigenvalue weighted by Crippen LogP contribution is 2.31. The van der Waals surface area contributed by atoms with Crippen LogP contribution in [-0.4, -0.2) is 41.9 Å². The summed E-state index contributed by atoms with van der Waals surface area (Å²) in [6.07, 6.45) is -5.37. The Labute approximate surface area is 195 Å². The van der Waals surface area contributed by atoms with Gasteiger partial charge in [0, 0.05) is 18.0 Å². The number of aryl methyl sites for hydroxylation is 2. The molecular formula is C19H26F3IN4O2S. The quantitative estimate of drug-likeness (QED) is 0.261. The number of halogens is 4. The Morgan fingerprint density at radius 1 is 1.30 bits per heavy atom. The molecule has 0 saturated carbocycles. The van der Waals surface area contributed by atoms with Crippen LogP contribution in [0.2, 0.25) is 0 Å². The van der Waals surface area contributed by atoms with Crippen molar-refractivity contribution >= 4 is 41.3 Å². The van der Waals surface area contributed by atoms with Crippen molar-refractivity contribution < 1.29 is 23.0 Å². The van der Waals surface area contributed by atoms with Gasteiger partial charge in [-0.2, -0.15) is 13.2 Å². The summed E-state index contributed by atoms with van der Waals surface area (Å²) in [6, 6.07) is 4.56. The molecule has 1 aromatic carbocycles. The fraction of sp³-hybridized carbons (Fsp3) is 0.474. The summed E-state index contributed by atoms with van der Waals surface area (Å²) in [6.45, 7) is 6.88. The van der Waals surface area contributed by atoms with E-state index in [4.69, 9.17) is 4.74 Å². The predicted octanol–water partition coefficient (Wildman–Crippen LogP) is 3.89. The van der Waals surface area contributed by atoms with E-state index in [-0.39, 0.29) is 42.9 Å². The number of guanidine groups is 1. The zero-order chi connectivity index (χ0) is 21.4. The summed E-state index contributed by atoms with van der Waals surface area (Å²) in [5, 5.41) is 17.1. The van der Waals surface area contributed by atoms with E-state index in [0.717, 1.165) is 27.7 Å². The number of nitrogens with zero attached hydrogens (tertiary/aromatic N) is 2. The molecule has 0 spiro atoms. The summed E-state index contributed by atoms with van der Waals surface area (Å²) in [4.78, 5) is 9.90. The van der Waals surface area contributed by atoms with Crippen LogP contribution >= 0.6 is 35.3 Å². The van der Waals surface area contributed by atoms with Crippen LogP contribution in [0.15, 0.2) is 29.3 Å². The van der Waals surface area contributed by atoms with Crippen molar-refractivity contribution in [3.05, 3.63) is 45.4 Å². The van der Waals surface area contributed by atoms with E-state index in [2.05, 4.69) is 20.6 Å². The van der Waals surface area contributed by atoms with Crippen LogP contribution in [0.3, 0.4) is 0 Å². The number of aliphatic hydroxyl groups excluding tert-OH is 1. The Bertz CT molecular complexity index is 830. The standard InChI is InChI=1S/C19H25F3N4O2S.HI/c1-4-23-18(25-10-17-12(2)26-13(3)29-17)24-9-15(27)11-28-16-7-5-6-14(8-16)19(20,21)22;/h5-8,15,27H,4,9-11H2,1-3H3,(H2,23,24,25);1H. The van der Waals surface area contributed by atoms with Crippen molar-refractivity contribution in [1.82, 2.24) is 15.6 Å². The van der Waals surface area contributed by atoms with Gasteiger partial charge in [0.1, 0.15) is 18.5 Å². The van der Waals surface area contributed by atoms with Crippen LogP contribution in [0.4, 0.5) is 13.2 Å². The van der Waals surface area contributed by atoms with Gasteiger partial charge in [-0.3, -0.25) is 0 Å². The summed E-state index contributed by atoms with van der Waals surface area (Å²) in [5.74, 6) is 0.576. The van der Waals surface area contributed by atoms with Gasteiger partial charge in [0.25, 0.3) is 0 Å². The van der Waals surface area contributed by atoms with E-state index in [1.54, 1.807) is 11.3 Å². The summed E-state index contributed by atoms with van der Waals surface area (Å²) in [7, 11) is 0. The van der Waals surface area contributed by atoms with E-state index < -0.39 is 17.8 Å². The Kier molecular flexibility index (Phi) is 10.8. The zero-order valence-electron chi connectivity index (χ0n) is 16.9. The van der Waals surface area contributed by atoms with E-state index in [1.165, 1.54) is 12.1 Å². The Morgan fingerprint density at radius 3 is 2.63 bits per heavy atom. The van der Waals surface area contributed by atoms with Gasteiger partial charge in [-0.15, -0.1) is 35.3 Å². The number of ether oxygens (including phenoxy) is 1. The monoisotopic (exact) mass is 558 g/mol. The predicted molar refractivity (Wildman–Crippen MR) is 123 cm³/mol. The maximum Gasteiger partial charge on any atom is 0.416 e. The number of aromatic nitrogens is 1. The zero-order valence-corrected chi connectivity index (χ0v) is 20.1. The Hall–Kier alpha value is -1.60. The smallest absolute Gasteiger partial charge is 0.416 e. The van der Waals surface area contributed by atoms with Crippen molar-refractivity contribution in [2.45, 2.75) is 39.6 Å². The number of hydrogen-bond acceptors (Lipinski definition) is 5. The van der Waals surface area contributed by atoms with E-state index in [0.29, 0.717) is 19.0 Å². The number of hydrogen-bond donors (Lipinski definition) is 3. The number of nitrogens with one attached hydrogen (secondary N) is 2. The highest BCUT2D eigenvalue weighted by atomic mass is 127. The highest BCUT2D eigenvalue weighted by Gasteiger charge is 2.30. The van der Waals surface area contributed by atoms with Crippen LogP contribution in [-0.2, 0) is 12.7 Å². The lowest BCUT2D eigenvalue weighted by Gasteiger charge is -2.16. The molecule has 6 nitrogen and oxygen atoms in total. The molecule has 1 unspecified atom stereocenters. The number of thiazole rings is 1. The van der Waals surface area contributed by atoms with E-state index in [9.17, 15) is 18.3 Å². The average molecular weight is 558 g/mol. The molecule has 2 rings (SSSR count). The first-order valence-electron chi connectivity index (χ1n) is 9.12. The molecule has 0 aliphatic heterocycles. The largest absolute Gasteiger partial charge is 0.491 e. The molecule has 3 N–H and O–H groups in total. The van der Waals surface area contributed by atoms with Gasteiger partial charge in [-0.25, -0.2) is 9.98 Å². The van der Waals surface area contributed by atoms with Gasteiger partial charge in [-0.1, -0.05) is 6.07 Å². The summed E-state index contributed by atoms with van der Waals surface area (Å²) in [5.41, 5.74) is 0.152. The molecule has 168 valence electrons. The molecule has 0 radical (unpaired) electrons. The van der Waals surface area contributed by atoms with E-state index >= 15 is 0 Å². The lowest BCUT2D eigenvalue weighted by molar-refractivity contribution is -0.137. The molecule has 0 amide bonds. The molecule has 0 bridgehead atoms. The van der Waals surface area contributed by atoms with Crippen LogP contribution in [0.25, 0.3) is 0 Å². The van der Waals surface area contributed by atoms with Gasteiger partial charge in [0.2, 0.25) is 0 Å². The van der Waals surface area contributed by atoms with Crippen molar-refractivity contribution in [3.8, 4) is 5.75 Å². The second-order valence-corrected chi connectivity index (χ2v) is 7.60. The second-order valence-electron chi connectivity index (χ2n) is 6.31. The van der Waals surface area contributed by atoms with Crippen molar-refractivity contribution in [1.29, 1.82) is 0 Å². The first-order chi connectivity index (χ1) is 13.7. The molecule has 0 saturated heterocycles. The fourth-order valence-electron chi connectivity index (χ4n) is 2.44. The summed E-state index contributed by atoms with van der Waals surface area (Å²) < 4.78 is 43.5. The number of benzene rings is 1. The minimum atomic E-state index is -4.44. The summed E-state index contributed by atoms with van der Waals surface area (Å²) >= 11 is 1.58. The van der Waals surface area contributed by atoms with Crippen LogP contribution in [0.5, 0.6) is 5.75 Å². The Morgan fingerprint density at radius 2 is 2.03 bits per heavy atom. The van der Waals surface area contributed by atoms with Gasteiger partial charge >= 0.3 is 6.18 Å². The molecule has 30 heavy (non-hydrogen) atoms. The fourth-order valence-corrected chi connectivity index (χ4v) is 3.30. The average Bonchev–Trinajstić information content (AvgIpc) is 2.99. The molecule has 0 aliphatic carbocycles. The SMILES string of the molecule is CCNC(=NCc1sc(C)nc1C)NCC(O)COc1cccc(C(F)(F)F)c1.I. The number of alkyl halides is 3.